The van der Waals surface area contributed by atoms with Crippen LogP contribution in [0.2, 0.25) is 0 Å². The summed E-state index contributed by atoms with van der Waals surface area (Å²) >= 11 is 0. The molecule has 21 heavy (non-hydrogen) atoms. The Bertz CT molecular complexity index is 650. The third-order valence-electron chi connectivity index (χ3n) is 2.82. The SMILES string of the molecule is Cc1cnc(CNC(=O)c2ccc(C(N)=NO)cc2)cn1. The van der Waals surface area contributed by atoms with Crippen molar-refractivity contribution in [2.45, 2.75) is 13.5 Å². The predicted molar refractivity (Wildman–Crippen MR) is 76.9 cm³/mol. The summed E-state index contributed by atoms with van der Waals surface area (Å²) < 4.78 is 0. The Labute approximate surface area is 121 Å². The predicted octanol–water partition coefficient (Wildman–Crippen LogP) is 0.810. The van der Waals surface area contributed by atoms with Crippen LogP contribution in [0, 0.1) is 6.92 Å². The highest BCUT2D eigenvalue weighted by Gasteiger charge is 2.07. The van der Waals surface area contributed by atoms with Gasteiger partial charge in [0.25, 0.3) is 5.91 Å². The standard InChI is InChI=1S/C14H15N5O2/c1-9-6-17-12(7-16-9)8-18-14(20)11-4-2-10(3-5-11)13(15)19-21/h2-7,21H,8H2,1H3,(H2,15,19)(H,18,20). The Morgan fingerprint density at radius 1 is 1.24 bits per heavy atom. The van der Waals surface area contributed by atoms with Crippen LogP contribution < -0.4 is 11.1 Å². The number of rotatable bonds is 4. The van der Waals surface area contributed by atoms with Crippen molar-refractivity contribution < 1.29 is 10.0 Å². The zero-order valence-electron chi connectivity index (χ0n) is 11.4. The number of nitrogens with zero attached hydrogens (tertiary/aromatic N) is 3. The van der Waals surface area contributed by atoms with E-state index in [0.717, 1.165) is 5.69 Å². The van der Waals surface area contributed by atoms with Crippen LogP contribution in [0.3, 0.4) is 0 Å². The van der Waals surface area contributed by atoms with E-state index in [1.165, 1.54) is 0 Å². The minimum Gasteiger partial charge on any atom is -0.409 e. The van der Waals surface area contributed by atoms with E-state index in [1.54, 1.807) is 36.7 Å². The number of aryl methyl sites for hydroxylation is 1. The molecular weight excluding hydrogens is 270 g/mol. The molecule has 0 spiro atoms. The van der Waals surface area contributed by atoms with Gasteiger partial charge in [0.2, 0.25) is 0 Å². The first kappa shape index (κ1) is 14.4. The minimum absolute atomic E-state index is 0.00288. The Balaban J connectivity index is 1.98. The Morgan fingerprint density at radius 2 is 1.90 bits per heavy atom. The van der Waals surface area contributed by atoms with Crippen LogP contribution >= 0.6 is 0 Å². The molecule has 0 aliphatic rings. The fourth-order valence-electron chi connectivity index (χ4n) is 1.63. The van der Waals surface area contributed by atoms with Crippen molar-refractivity contribution in [3.05, 3.63) is 59.2 Å². The smallest absolute Gasteiger partial charge is 0.251 e. The second-order valence-electron chi connectivity index (χ2n) is 4.39. The van der Waals surface area contributed by atoms with Crippen LogP contribution in [-0.2, 0) is 6.54 Å². The highest BCUT2D eigenvalue weighted by atomic mass is 16.4. The fraction of sp³-hybridized carbons (Fsp3) is 0.143. The number of amidine groups is 1. The van der Waals surface area contributed by atoms with Gasteiger partial charge in [0.05, 0.1) is 24.1 Å². The number of oxime groups is 1. The molecular formula is C14H15N5O2. The number of aromatic nitrogens is 2. The van der Waals surface area contributed by atoms with E-state index in [-0.39, 0.29) is 11.7 Å². The summed E-state index contributed by atoms with van der Waals surface area (Å²) in [7, 11) is 0. The van der Waals surface area contributed by atoms with Gasteiger partial charge in [-0.05, 0) is 19.1 Å². The first-order valence-electron chi connectivity index (χ1n) is 6.24. The summed E-state index contributed by atoms with van der Waals surface area (Å²) in [6, 6.07) is 6.42. The summed E-state index contributed by atoms with van der Waals surface area (Å²) in [4.78, 5) is 20.2. The molecule has 2 rings (SSSR count). The van der Waals surface area contributed by atoms with Gasteiger partial charge in [0, 0.05) is 17.3 Å². The monoisotopic (exact) mass is 285 g/mol. The molecule has 2 aromatic rings. The highest BCUT2D eigenvalue weighted by molar-refractivity contribution is 5.99. The third-order valence-corrected chi connectivity index (χ3v) is 2.82. The third kappa shape index (κ3) is 3.75. The number of amides is 1. The first-order valence-corrected chi connectivity index (χ1v) is 6.24. The van der Waals surface area contributed by atoms with E-state index in [1.807, 2.05) is 6.92 Å². The topological polar surface area (TPSA) is 113 Å². The number of carbonyl (C=O) groups excluding carboxylic acids is 1. The average Bonchev–Trinajstić information content (AvgIpc) is 2.53. The van der Waals surface area contributed by atoms with Crippen LogP contribution in [-0.4, -0.2) is 26.9 Å². The number of hydrogen-bond donors (Lipinski definition) is 3. The molecule has 1 aromatic carbocycles. The van der Waals surface area contributed by atoms with Crippen LogP contribution in [0.25, 0.3) is 0 Å². The zero-order valence-corrected chi connectivity index (χ0v) is 11.4. The van der Waals surface area contributed by atoms with Gasteiger partial charge in [-0.15, -0.1) is 0 Å². The lowest BCUT2D eigenvalue weighted by Crippen LogP contribution is -2.23. The molecule has 4 N–H and O–H groups in total. The van der Waals surface area contributed by atoms with Crippen LogP contribution in [0.5, 0.6) is 0 Å². The number of nitrogens with one attached hydrogen (secondary N) is 1. The zero-order chi connectivity index (χ0) is 15.2. The van der Waals surface area contributed by atoms with Gasteiger partial charge < -0.3 is 16.3 Å². The molecule has 0 aliphatic carbocycles. The first-order chi connectivity index (χ1) is 10.1. The number of carbonyl (C=O) groups is 1. The van der Waals surface area contributed by atoms with Gasteiger partial charge in [-0.2, -0.15) is 0 Å². The molecule has 0 fully saturated rings. The Kier molecular flexibility index (Phi) is 4.45. The van der Waals surface area contributed by atoms with Gasteiger partial charge >= 0.3 is 0 Å². The van der Waals surface area contributed by atoms with Crippen molar-refractivity contribution in [3.8, 4) is 0 Å². The molecule has 0 unspecified atom stereocenters. The minimum atomic E-state index is -0.233. The molecule has 0 aliphatic heterocycles. The molecule has 1 aromatic heterocycles. The van der Waals surface area contributed by atoms with Gasteiger partial charge in [-0.1, -0.05) is 17.3 Å². The summed E-state index contributed by atoms with van der Waals surface area (Å²) in [6.45, 7) is 2.15. The molecule has 1 amide bonds. The maximum Gasteiger partial charge on any atom is 0.251 e. The van der Waals surface area contributed by atoms with Gasteiger partial charge in [-0.25, -0.2) is 0 Å². The van der Waals surface area contributed by atoms with E-state index >= 15 is 0 Å². The quantitative estimate of drug-likeness (QED) is 0.333. The molecule has 108 valence electrons. The van der Waals surface area contributed by atoms with E-state index < -0.39 is 0 Å². The Morgan fingerprint density at radius 3 is 2.48 bits per heavy atom. The highest BCUT2D eigenvalue weighted by Crippen LogP contribution is 2.05. The second-order valence-corrected chi connectivity index (χ2v) is 4.39. The molecule has 0 saturated heterocycles. The van der Waals surface area contributed by atoms with Crippen molar-refractivity contribution in [3.63, 3.8) is 0 Å². The molecule has 0 saturated carbocycles. The molecule has 1 heterocycles. The molecule has 0 atom stereocenters. The largest absolute Gasteiger partial charge is 0.409 e. The molecule has 0 radical (unpaired) electrons. The average molecular weight is 285 g/mol. The second kappa shape index (κ2) is 6.47. The van der Waals surface area contributed by atoms with Crippen molar-refractivity contribution >= 4 is 11.7 Å². The summed E-state index contributed by atoms with van der Waals surface area (Å²) in [5.74, 6) is -0.236. The van der Waals surface area contributed by atoms with Crippen LogP contribution in [0.4, 0.5) is 0 Å². The van der Waals surface area contributed by atoms with Gasteiger partial charge in [-0.3, -0.25) is 14.8 Å². The number of hydrogen-bond acceptors (Lipinski definition) is 5. The van der Waals surface area contributed by atoms with Crippen molar-refractivity contribution in [2.75, 3.05) is 0 Å². The van der Waals surface area contributed by atoms with Gasteiger partial charge in [0.15, 0.2) is 5.84 Å². The lowest BCUT2D eigenvalue weighted by atomic mass is 10.1. The van der Waals surface area contributed by atoms with E-state index in [4.69, 9.17) is 10.9 Å². The Hall–Kier alpha value is -2.96. The lowest BCUT2D eigenvalue weighted by molar-refractivity contribution is 0.0950. The van der Waals surface area contributed by atoms with E-state index in [9.17, 15) is 4.79 Å². The van der Waals surface area contributed by atoms with Crippen LogP contribution in [0.15, 0.2) is 41.8 Å². The van der Waals surface area contributed by atoms with Crippen LogP contribution in [0.1, 0.15) is 27.3 Å². The fourth-order valence-corrected chi connectivity index (χ4v) is 1.63. The number of benzene rings is 1. The summed E-state index contributed by atoms with van der Waals surface area (Å²) in [6.07, 6.45) is 3.27. The molecule has 7 heteroatoms. The number of nitrogens with two attached hydrogens (primary N) is 1. The van der Waals surface area contributed by atoms with E-state index in [0.29, 0.717) is 23.4 Å². The van der Waals surface area contributed by atoms with E-state index in [2.05, 4.69) is 20.4 Å². The van der Waals surface area contributed by atoms with Crippen molar-refractivity contribution in [2.24, 2.45) is 10.9 Å². The normalized spacial score (nSPS) is 11.2. The van der Waals surface area contributed by atoms with Gasteiger partial charge in [0.1, 0.15) is 0 Å². The maximum atomic E-state index is 12.0. The van der Waals surface area contributed by atoms with Crippen molar-refractivity contribution in [1.29, 1.82) is 0 Å². The molecule has 0 bridgehead atoms. The maximum absolute atomic E-state index is 12.0. The lowest BCUT2D eigenvalue weighted by Gasteiger charge is -2.05. The molecule has 7 nitrogen and oxygen atoms in total. The summed E-state index contributed by atoms with van der Waals surface area (Å²) in [5.41, 5.74) is 7.97. The summed E-state index contributed by atoms with van der Waals surface area (Å²) in [5, 5.41) is 14.2. The van der Waals surface area contributed by atoms with Crippen molar-refractivity contribution in [1.82, 2.24) is 15.3 Å².